The molecule has 2 aliphatic heterocycles. The Labute approximate surface area is 86.4 Å². The number of nitrogens with zero attached hydrogens (tertiary/aromatic N) is 1. The lowest BCUT2D eigenvalue weighted by atomic mass is 10.00. The summed E-state index contributed by atoms with van der Waals surface area (Å²) in [7, 11) is 0. The van der Waals surface area contributed by atoms with Gasteiger partial charge in [0.15, 0.2) is 0 Å². The zero-order valence-electron chi connectivity index (χ0n) is 9.24. The summed E-state index contributed by atoms with van der Waals surface area (Å²) in [5, 5.41) is 0. The molecule has 2 rings (SSSR count). The topological polar surface area (TPSA) is 21.7 Å². The van der Waals surface area contributed by atoms with Gasteiger partial charge < -0.3 is 9.47 Å². The van der Waals surface area contributed by atoms with Crippen molar-refractivity contribution in [3.8, 4) is 0 Å². The van der Waals surface area contributed by atoms with Crippen LogP contribution in [0.15, 0.2) is 0 Å². The molecular weight excluding hydrogens is 178 g/mol. The van der Waals surface area contributed by atoms with Crippen LogP contribution in [0.3, 0.4) is 0 Å². The molecule has 3 heteroatoms. The van der Waals surface area contributed by atoms with Crippen LogP contribution in [0.2, 0.25) is 0 Å². The summed E-state index contributed by atoms with van der Waals surface area (Å²) in [6, 6.07) is 0.642. The summed E-state index contributed by atoms with van der Waals surface area (Å²) in [4.78, 5) is 2.51. The van der Waals surface area contributed by atoms with E-state index in [1.807, 2.05) is 0 Å². The van der Waals surface area contributed by atoms with Crippen molar-refractivity contribution in [2.45, 2.75) is 32.4 Å². The maximum absolute atomic E-state index is 5.82. The van der Waals surface area contributed by atoms with Gasteiger partial charge in [0.25, 0.3) is 0 Å². The van der Waals surface area contributed by atoms with E-state index in [2.05, 4.69) is 18.7 Å². The molecule has 14 heavy (non-hydrogen) atoms. The van der Waals surface area contributed by atoms with Gasteiger partial charge in [0.2, 0.25) is 0 Å². The third kappa shape index (κ3) is 2.27. The molecule has 0 bridgehead atoms. The number of morpholine rings is 1. The van der Waals surface area contributed by atoms with Crippen LogP contribution >= 0.6 is 0 Å². The molecule has 2 atom stereocenters. The fourth-order valence-electron chi connectivity index (χ4n) is 2.30. The highest BCUT2D eigenvalue weighted by Gasteiger charge is 2.31. The zero-order valence-corrected chi connectivity index (χ0v) is 9.24. The third-order valence-electron chi connectivity index (χ3n) is 3.35. The van der Waals surface area contributed by atoms with Crippen LogP contribution in [0, 0.1) is 5.92 Å². The van der Waals surface area contributed by atoms with Crippen molar-refractivity contribution in [1.29, 1.82) is 0 Å². The van der Waals surface area contributed by atoms with Crippen molar-refractivity contribution in [1.82, 2.24) is 4.90 Å². The van der Waals surface area contributed by atoms with Crippen LogP contribution in [0.25, 0.3) is 0 Å². The van der Waals surface area contributed by atoms with Gasteiger partial charge in [-0.2, -0.15) is 0 Å². The van der Waals surface area contributed by atoms with Gasteiger partial charge in [-0.05, 0) is 20.3 Å². The quantitative estimate of drug-likeness (QED) is 0.665. The number of hydrogen-bond acceptors (Lipinski definition) is 3. The largest absolute Gasteiger partial charge is 0.381 e. The second-order valence-electron chi connectivity index (χ2n) is 4.62. The van der Waals surface area contributed by atoms with Crippen LogP contribution < -0.4 is 0 Å². The first-order chi connectivity index (χ1) is 6.77. The summed E-state index contributed by atoms with van der Waals surface area (Å²) >= 11 is 0. The van der Waals surface area contributed by atoms with Crippen molar-refractivity contribution in [2.24, 2.45) is 5.92 Å². The van der Waals surface area contributed by atoms with Gasteiger partial charge in [-0.1, -0.05) is 0 Å². The summed E-state index contributed by atoms with van der Waals surface area (Å²) < 4.78 is 11.2. The standard InChI is InChI=1S/C11H21NO2/c1-9(2)12-4-6-14-11(7-12)10-3-5-13-8-10/h9-11H,3-8H2,1-2H3/t10-,11-/m1/s1. The fraction of sp³-hybridized carbons (Fsp3) is 1.00. The summed E-state index contributed by atoms with van der Waals surface area (Å²) in [5.74, 6) is 0.636. The molecule has 0 radical (unpaired) electrons. The fourth-order valence-corrected chi connectivity index (χ4v) is 2.30. The molecule has 82 valence electrons. The van der Waals surface area contributed by atoms with Gasteiger partial charge in [0.05, 0.1) is 19.3 Å². The molecule has 0 amide bonds. The number of rotatable bonds is 2. The SMILES string of the molecule is CC(C)N1CCO[C@@H]([C@@H]2CCOC2)C1. The van der Waals surface area contributed by atoms with Gasteiger partial charge in [-0.3, -0.25) is 4.90 Å². The molecule has 0 aromatic heterocycles. The van der Waals surface area contributed by atoms with Crippen LogP contribution in [0.4, 0.5) is 0 Å². The Hall–Kier alpha value is -0.120. The Morgan fingerprint density at radius 2 is 2.14 bits per heavy atom. The van der Waals surface area contributed by atoms with Gasteiger partial charge in [0, 0.05) is 31.7 Å². The van der Waals surface area contributed by atoms with E-state index in [-0.39, 0.29) is 0 Å². The minimum absolute atomic E-state index is 0.411. The Morgan fingerprint density at radius 1 is 1.29 bits per heavy atom. The lowest BCUT2D eigenvalue weighted by molar-refractivity contribution is -0.0665. The molecule has 2 saturated heterocycles. The molecular formula is C11H21NO2. The Bertz CT molecular complexity index is 178. The van der Waals surface area contributed by atoms with E-state index in [9.17, 15) is 0 Å². The molecule has 0 aromatic carbocycles. The van der Waals surface area contributed by atoms with E-state index in [0.29, 0.717) is 18.1 Å². The summed E-state index contributed by atoms with van der Waals surface area (Å²) in [5.41, 5.74) is 0. The molecule has 2 heterocycles. The molecule has 0 N–H and O–H groups in total. The highest BCUT2D eigenvalue weighted by molar-refractivity contribution is 4.81. The molecule has 0 spiro atoms. The Kier molecular flexibility index (Phi) is 3.42. The first-order valence-electron chi connectivity index (χ1n) is 5.71. The maximum Gasteiger partial charge on any atom is 0.0753 e. The van der Waals surface area contributed by atoms with Crippen molar-refractivity contribution >= 4 is 0 Å². The van der Waals surface area contributed by atoms with E-state index in [1.54, 1.807) is 0 Å². The van der Waals surface area contributed by atoms with Crippen LogP contribution in [0.5, 0.6) is 0 Å². The van der Waals surface area contributed by atoms with Gasteiger partial charge in [-0.15, -0.1) is 0 Å². The van der Waals surface area contributed by atoms with E-state index < -0.39 is 0 Å². The zero-order chi connectivity index (χ0) is 9.97. The molecule has 2 fully saturated rings. The van der Waals surface area contributed by atoms with E-state index in [4.69, 9.17) is 9.47 Å². The van der Waals surface area contributed by atoms with Crippen molar-refractivity contribution in [2.75, 3.05) is 32.9 Å². The van der Waals surface area contributed by atoms with Crippen molar-refractivity contribution in [3.63, 3.8) is 0 Å². The normalized spacial score (nSPS) is 35.4. The van der Waals surface area contributed by atoms with E-state index in [1.165, 1.54) is 6.42 Å². The lowest BCUT2D eigenvalue weighted by Gasteiger charge is -2.37. The van der Waals surface area contributed by atoms with Gasteiger partial charge in [-0.25, -0.2) is 0 Å². The second-order valence-corrected chi connectivity index (χ2v) is 4.62. The summed E-state index contributed by atoms with van der Waals surface area (Å²) in [6.45, 7) is 9.40. The van der Waals surface area contributed by atoms with Gasteiger partial charge in [0.1, 0.15) is 0 Å². The van der Waals surface area contributed by atoms with Crippen molar-refractivity contribution < 1.29 is 9.47 Å². The van der Waals surface area contributed by atoms with Crippen molar-refractivity contribution in [3.05, 3.63) is 0 Å². The number of hydrogen-bond donors (Lipinski definition) is 0. The minimum atomic E-state index is 0.411. The smallest absolute Gasteiger partial charge is 0.0753 e. The average Bonchev–Trinajstić information content (AvgIpc) is 2.71. The molecule has 3 nitrogen and oxygen atoms in total. The van der Waals surface area contributed by atoms with E-state index >= 15 is 0 Å². The molecule has 0 unspecified atom stereocenters. The highest BCUT2D eigenvalue weighted by atomic mass is 16.5. The molecule has 0 aromatic rings. The van der Waals surface area contributed by atoms with Crippen LogP contribution in [0.1, 0.15) is 20.3 Å². The predicted octanol–water partition coefficient (Wildman–Crippen LogP) is 1.13. The average molecular weight is 199 g/mol. The van der Waals surface area contributed by atoms with Gasteiger partial charge >= 0.3 is 0 Å². The van der Waals surface area contributed by atoms with Crippen LogP contribution in [-0.4, -0.2) is 50.0 Å². The monoisotopic (exact) mass is 199 g/mol. The predicted molar refractivity (Wildman–Crippen MR) is 55.4 cm³/mol. The molecule has 0 saturated carbocycles. The summed E-state index contributed by atoms with van der Waals surface area (Å²) in [6.07, 6.45) is 1.59. The lowest BCUT2D eigenvalue weighted by Crippen LogP contribution is -2.48. The Morgan fingerprint density at radius 3 is 2.79 bits per heavy atom. The van der Waals surface area contributed by atoms with E-state index in [0.717, 1.165) is 32.9 Å². The molecule has 0 aliphatic carbocycles. The van der Waals surface area contributed by atoms with Crippen LogP contribution in [-0.2, 0) is 9.47 Å². The first kappa shape index (κ1) is 10.4. The first-order valence-corrected chi connectivity index (χ1v) is 5.71. The second kappa shape index (κ2) is 4.60. The Balaban J connectivity index is 1.86. The molecule has 2 aliphatic rings. The maximum atomic E-state index is 5.82. The highest BCUT2D eigenvalue weighted by Crippen LogP contribution is 2.22. The third-order valence-corrected chi connectivity index (χ3v) is 3.35. The number of ether oxygens (including phenoxy) is 2. The minimum Gasteiger partial charge on any atom is -0.381 e.